The molecule has 0 saturated heterocycles. The van der Waals surface area contributed by atoms with Crippen LogP contribution in [0.3, 0.4) is 0 Å². The molecule has 6 N–H and O–H groups in total. The van der Waals surface area contributed by atoms with Crippen molar-refractivity contribution in [1.82, 2.24) is 10.3 Å². The molecule has 0 aliphatic rings. The molecule has 0 bridgehead atoms. The van der Waals surface area contributed by atoms with Gasteiger partial charge in [-0.1, -0.05) is 24.3 Å². The predicted molar refractivity (Wildman–Crippen MR) is 94.0 cm³/mol. The number of anilines is 1. The van der Waals surface area contributed by atoms with Crippen molar-refractivity contribution in [3.05, 3.63) is 59.8 Å². The maximum absolute atomic E-state index is 12.3. The van der Waals surface area contributed by atoms with Gasteiger partial charge < -0.3 is 21.1 Å². The molecule has 1 aromatic heterocycles. The molecule has 1 heterocycles. The van der Waals surface area contributed by atoms with Crippen LogP contribution in [0.25, 0.3) is 10.9 Å². The summed E-state index contributed by atoms with van der Waals surface area (Å²) >= 11 is 0. The molecule has 25 heavy (non-hydrogen) atoms. The van der Waals surface area contributed by atoms with Crippen LogP contribution in [0.1, 0.15) is 15.9 Å². The van der Waals surface area contributed by atoms with E-state index in [1.54, 1.807) is 18.3 Å². The number of urea groups is 1. The number of phenolic OH excluding ortho intramolecular Hbond substituents is 1. The van der Waals surface area contributed by atoms with Gasteiger partial charge in [0, 0.05) is 23.1 Å². The number of H-pyrrole nitrogens is 1. The van der Waals surface area contributed by atoms with Crippen LogP contribution in [0.15, 0.2) is 48.7 Å². The molecule has 7 nitrogen and oxygen atoms in total. The van der Waals surface area contributed by atoms with Crippen LogP contribution in [-0.2, 0) is 0 Å². The van der Waals surface area contributed by atoms with Crippen molar-refractivity contribution < 1.29 is 14.7 Å². The van der Waals surface area contributed by atoms with Crippen molar-refractivity contribution in [2.75, 3.05) is 5.32 Å². The van der Waals surface area contributed by atoms with E-state index in [-0.39, 0.29) is 17.3 Å². The van der Waals surface area contributed by atoms with Crippen molar-refractivity contribution in [2.24, 2.45) is 5.73 Å². The molecule has 3 aromatic rings. The minimum Gasteiger partial charge on any atom is -0.506 e. The number of benzene rings is 2. The molecule has 0 fully saturated rings. The predicted octanol–water partition coefficient (Wildman–Crippen LogP) is 2.10. The average molecular weight is 334 g/mol. The highest BCUT2D eigenvalue weighted by molar-refractivity contribution is 6.07. The second-order valence-electron chi connectivity index (χ2n) is 5.14. The number of nitrogens with two attached hydrogens (primary N) is 1. The first-order valence-corrected chi connectivity index (χ1v) is 7.32. The largest absolute Gasteiger partial charge is 0.506 e. The lowest BCUT2D eigenvalue weighted by molar-refractivity contribution is 0.0975. The van der Waals surface area contributed by atoms with E-state index < -0.39 is 6.03 Å². The first-order valence-electron chi connectivity index (χ1n) is 7.32. The first-order chi connectivity index (χ1) is 12.1. The zero-order valence-corrected chi connectivity index (χ0v) is 13.0. The number of rotatable bonds is 2. The van der Waals surface area contributed by atoms with E-state index in [1.807, 2.05) is 24.3 Å². The molecule has 0 atom stereocenters. The smallest absolute Gasteiger partial charge is 0.316 e. The highest BCUT2D eigenvalue weighted by Gasteiger charge is 2.11. The lowest BCUT2D eigenvalue weighted by atomic mass is 10.1. The number of hydrogen-bond donors (Lipinski definition) is 5. The Hall–Kier alpha value is -3.92. The molecule has 0 spiro atoms. The highest BCUT2D eigenvalue weighted by Crippen LogP contribution is 2.26. The third-order valence-electron chi connectivity index (χ3n) is 3.50. The second-order valence-corrected chi connectivity index (χ2v) is 5.14. The maximum Gasteiger partial charge on any atom is 0.316 e. The van der Waals surface area contributed by atoms with E-state index >= 15 is 0 Å². The fourth-order valence-corrected chi connectivity index (χ4v) is 2.38. The molecule has 124 valence electrons. The zero-order chi connectivity index (χ0) is 17.8. The molecular formula is C18H14N4O3. The summed E-state index contributed by atoms with van der Waals surface area (Å²) < 4.78 is 0. The van der Waals surface area contributed by atoms with Crippen molar-refractivity contribution in [3.8, 4) is 17.7 Å². The van der Waals surface area contributed by atoms with Crippen molar-refractivity contribution in [3.63, 3.8) is 0 Å². The van der Waals surface area contributed by atoms with Crippen LogP contribution in [0.4, 0.5) is 10.5 Å². The number of fused-ring (bicyclic) bond motifs is 1. The summed E-state index contributed by atoms with van der Waals surface area (Å²) in [6.45, 7) is 0. The number of primary amides is 1. The minimum absolute atomic E-state index is 0.0869. The Morgan fingerprint density at radius 3 is 2.72 bits per heavy atom. The number of hydrogen-bond acceptors (Lipinski definition) is 3. The summed E-state index contributed by atoms with van der Waals surface area (Å²) in [5.74, 6) is 2.14. The fourth-order valence-electron chi connectivity index (χ4n) is 2.38. The first kappa shape index (κ1) is 16.0. The number of aromatic nitrogens is 1. The number of aromatic amines is 1. The van der Waals surface area contributed by atoms with Crippen LogP contribution in [0, 0.1) is 12.0 Å². The molecule has 3 rings (SSSR count). The van der Waals surface area contributed by atoms with Crippen LogP contribution in [0.5, 0.6) is 5.75 Å². The van der Waals surface area contributed by atoms with Gasteiger partial charge in [0.05, 0.1) is 11.1 Å². The molecule has 2 aromatic carbocycles. The normalized spacial score (nSPS) is 9.92. The molecule has 0 unspecified atom stereocenters. The van der Waals surface area contributed by atoms with E-state index in [4.69, 9.17) is 5.73 Å². The summed E-state index contributed by atoms with van der Waals surface area (Å²) in [5.41, 5.74) is 6.80. The zero-order valence-electron chi connectivity index (χ0n) is 13.0. The number of carbonyl (C=O) groups is 2. The van der Waals surface area contributed by atoms with E-state index in [2.05, 4.69) is 27.6 Å². The SMILES string of the molecule is NC(=O)Nc1c(O)cccc1C#CNC(=O)c1c[nH]c2ccccc12. The third-order valence-corrected chi connectivity index (χ3v) is 3.50. The van der Waals surface area contributed by atoms with Crippen molar-refractivity contribution in [1.29, 1.82) is 0 Å². The molecule has 7 heteroatoms. The molecule has 0 saturated carbocycles. The van der Waals surface area contributed by atoms with Crippen LogP contribution in [-0.4, -0.2) is 22.0 Å². The fraction of sp³-hybridized carbons (Fsp3) is 0. The third kappa shape index (κ3) is 3.38. The molecular weight excluding hydrogens is 320 g/mol. The standard InChI is InChI=1S/C18H14N4O3/c19-18(25)22-16-11(4-3-7-15(16)23)8-9-20-17(24)13-10-21-14-6-2-1-5-12(13)14/h1-7,10,21,23H,(H,20,24)(H3,19,22,25). The molecule has 0 aliphatic carbocycles. The Bertz CT molecular complexity index is 1030. The quantitative estimate of drug-likeness (QED) is 0.280. The minimum atomic E-state index is -0.827. The number of aromatic hydroxyl groups is 1. The van der Waals surface area contributed by atoms with E-state index in [9.17, 15) is 14.7 Å². The molecule has 0 radical (unpaired) electrons. The summed E-state index contributed by atoms with van der Waals surface area (Å²) in [5, 5.41) is 15.4. The van der Waals surface area contributed by atoms with Crippen LogP contribution in [0.2, 0.25) is 0 Å². The number of nitrogens with one attached hydrogen (secondary N) is 3. The van der Waals surface area contributed by atoms with E-state index in [0.29, 0.717) is 11.1 Å². The number of para-hydroxylation sites is 2. The molecule has 3 amide bonds. The monoisotopic (exact) mass is 334 g/mol. The summed E-state index contributed by atoms with van der Waals surface area (Å²) in [4.78, 5) is 26.3. The van der Waals surface area contributed by atoms with Crippen LogP contribution >= 0.6 is 0 Å². The summed E-state index contributed by atoms with van der Waals surface area (Å²) in [6, 6.07) is 13.6. The Balaban J connectivity index is 1.82. The van der Waals surface area contributed by atoms with Crippen molar-refractivity contribution in [2.45, 2.75) is 0 Å². The highest BCUT2D eigenvalue weighted by atomic mass is 16.3. The number of phenols is 1. The van der Waals surface area contributed by atoms with Gasteiger partial charge in [-0.2, -0.15) is 0 Å². The van der Waals surface area contributed by atoms with E-state index in [0.717, 1.165) is 10.9 Å². The van der Waals surface area contributed by atoms with Gasteiger partial charge in [0.15, 0.2) is 0 Å². The van der Waals surface area contributed by atoms with Crippen LogP contribution < -0.4 is 16.4 Å². The van der Waals surface area contributed by atoms with Gasteiger partial charge in [0.1, 0.15) is 11.4 Å². The van der Waals surface area contributed by atoms with Gasteiger partial charge in [0.25, 0.3) is 5.91 Å². The Morgan fingerprint density at radius 2 is 1.92 bits per heavy atom. The van der Waals surface area contributed by atoms with E-state index in [1.165, 1.54) is 6.07 Å². The van der Waals surface area contributed by atoms with Crippen molar-refractivity contribution >= 4 is 28.5 Å². The Labute approximate surface area is 142 Å². The second kappa shape index (κ2) is 6.68. The number of carbonyl (C=O) groups excluding carboxylic acids is 2. The van der Waals surface area contributed by atoms with Gasteiger partial charge in [-0.05, 0) is 24.1 Å². The van der Waals surface area contributed by atoms with Gasteiger partial charge in [0.2, 0.25) is 0 Å². The molecule has 0 aliphatic heterocycles. The lowest BCUT2D eigenvalue weighted by Gasteiger charge is -2.06. The van der Waals surface area contributed by atoms with Gasteiger partial charge in [-0.25, -0.2) is 4.79 Å². The average Bonchev–Trinajstić information content (AvgIpc) is 3.01. The maximum atomic E-state index is 12.3. The van der Waals surface area contributed by atoms with Gasteiger partial charge in [-0.3, -0.25) is 10.1 Å². The van der Waals surface area contributed by atoms with Gasteiger partial charge >= 0.3 is 6.03 Å². The Kier molecular flexibility index (Phi) is 4.26. The topological polar surface area (TPSA) is 120 Å². The number of amides is 3. The van der Waals surface area contributed by atoms with Gasteiger partial charge in [-0.15, -0.1) is 0 Å². The lowest BCUT2D eigenvalue weighted by Crippen LogP contribution is -2.20. The summed E-state index contributed by atoms with van der Waals surface area (Å²) in [6.07, 6.45) is 1.61. The Morgan fingerprint density at radius 1 is 1.12 bits per heavy atom. The summed E-state index contributed by atoms with van der Waals surface area (Å²) in [7, 11) is 0.